The fourth-order valence-corrected chi connectivity index (χ4v) is 2.44. The van der Waals surface area contributed by atoms with Crippen LogP contribution in [-0.4, -0.2) is 25.2 Å². The summed E-state index contributed by atoms with van der Waals surface area (Å²) in [6, 6.07) is 3.85. The predicted octanol–water partition coefficient (Wildman–Crippen LogP) is 1.12. The Morgan fingerprint density at radius 3 is 2.59 bits per heavy atom. The molecule has 6 nitrogen and oxygen atoms in total. The lowest BCUT2D eigenvalue weighted by molar-refractivity contribution is 0.0697. The minimum Gasteiger partial charge on any atom is -0.478 e. The summed E-state index contributed by atoms with van der Waals surface area (Å²) in [5.74, 6) is -1.12. The van der Waals surface area contributed by atoms with E-state index in [1.807, 2.05) is 0 Å². The number of carboxylic acids is 1. The third-order valence-electron chi connectivity index (χ3n) is 2.04. The lowest BCUT2D eigenvalue weighted by atomic mass is 10.2. The van der Waals surface area contributed by atoms with E-state index in [-0.39, 0.29) is 22.7 Å². The summed E-state index contributed by atoms with van der Waals surface area (Å²) < 4.78 is 25.3. The van der Waals surface area contributed by atoms with Gasteiger partial charge in [0.05, 0.1) is 22.7 Å². The van der Waals surface area contributed by atoms with Crippen LogP contribution < -0.4 is 10.5 Å². The van der Waals surface area contributed by atoms with Gasteiger partial charge in [-0.1, -0.05) is 6.92 Å². The number of rotatable bonds is 5. The van der Waals surface area contributed by atoms with E-state index < -0.39 is 16.0 Å². The SMILES string of the molecule is CCCS(=O)(=O)Nc1ccc(C(=O)O)cc1N. The number of sulfonamides is 1. The van der Waals surface area contributed by atoms with E-state index in [2.05, 4.69) is 4.72 Å². The molecule has 0 spiro atoms. The van der Waals surface area contributed by atoms with E-state index in [0.29, 0.717) is 6.42 Å². The molecule has 17 heavy (non-hydrogen) atoms. The van der Waals surface area contributed by atoms with Crippen LogP contribution >= 0.6 is 0 Å². The van der Waals surface area contributed by atoms with Crippen LogP contribution in [0.15, 0.2) is 18.2 Å². The van der Waals surface area contributed by atoms with Crippen molar-refractivity contribution in [1.82, 2.24) is 0 Å². The third-order valence-corrected chi connectivity index (χ3v) is 3.51. The molecule has 0 aromatic heterocycles. The molecule has 1 rings (SSSR count). The number of hydrogen-bond acceptors (Lipinski definition) is 4. The van der Waals surface area contributed by atoms with E-state index in [9.17, 15) is 13.2 Å². The van der Waals surface area contributed by atoms with Crippen LogP contribution in [0.1, 0.15) is 23.7 Å². The molecule has 1 aromatic carbocycles. The molecule has 94 valence electrons. The summed E-state index contributed by atoms with van der Waals surface area (Å²) in [6.07, 6.45) is 0.489. The summed E-state index contributed by atoms with van der Waals surface area (Å²) >= 11 is 0. The lowest BCUT2D eigenvalue weighted by Gasteiger charge is -2.09. The Hall–Kier alpha value is -1.76. The molecule has 0 fully saturated rings. The fraction of sp³-hybridized carbons (Fsp3) is 0.300. The van der Waals surface area contributed by atoms with Crippen molar-refractivity contribution in [1.29, 1.82) is 0 Å². The summed E-state index contributed by atoms with van der Waals surface area (Å²) in [5, 5.41) is 8.72. The van der Waals surface area contributed by atoms with Gasteiger partial charge in [0.25, 0.3) is 0 Å². The Morgan fingerprint density at radius 1 is 1.47 bits per heavy atom. The van der Waals surface area contributed by atoms with Gasteiger partial charge >= 0.3 is 5.97 Å². The quantitative estimate of drug-likeness (QED) is 0.685. The van der Waals surface area contributed by atoms with Crippen molar-refractivity contribution in [2.24, 2.45) is 0 Å². The Balaban J connectivity index is 2.98. The first kappa shape index (κ1) is 13.3. The molecule has 0 amide bonds. The Morgan fingerprint density at radius 2 is 2.12 bits per heavy atom. The number of nitrogens with one attached hydrogen (secondary N) is 1. The number of carboxylic acid groups (broad SMARTS) is 1. The van der Waals surface area contributed by atoms with Crippen LogP contribution in [0.5, 0.6) is 0 Å². The molecule has 0 saturated heterocycles. The molecule has 0 aliphatic heterocycles. The zero-order chi connectivity index (χ0) is 13.1. The fourth-order valence-electron chi connectivity index (χ4n) is 1.28. The topological polar surface area (TPSA) is 109 Å². The maximum Gasteiger partial charge on any atom is 0.335 e. The molecule has 0 radical (unpaired) electrons. The van der Waals surface area contributed by atoms with Gasteiger partial charge in [0.1, 0.15) is 0 Å². The van der Waals surface area contributed by atoms with Gasteiger partial charge in [-0.2, -0.15) is 0 Å². The summed E-state index contributed by atoms with van der Waals surface area (Å²) in [7, 11) is -3.42. The minimum absolute atomic E-state index is 0.00682. The molecule has 7 heteroatoms. The van der Waals surface area contributed by atoms with Crippen molar-refractivity contribution in [3.05, 3.63) is 23.8 Å². The second-order valence-corrected chi connectivity index (χ2v) is 5.37. The van der Waals surface area contributed by atoms with Crippen molar-refractivity contribution in [3.63, 3.8) is 0 Å². The van der Waals surface area contributed by atoms with Gasteiger partial charge in [0.15, 0.2) is 0 Å². The molecule has 0 atom stereocenters. The summed E-state index contributed by atoms with van der Waals surface area (Å²) in [5.41, 5.74) is 5.87. The molecule has 0 aliphatic carbocycles. The van der Waals surface area contributed by atoms with E-state index in [1.165, 1.54) is 18.2 Å². The highest BCUT2D eigenvalue weighted by Crippen LogP contribution is 2.21. The molecular weight excluding hydrogens is 244 g/mol. The lowest BCUT2D eigenvalue weighted by Crippen LogP contribution is -2.17. The van der Waals surface area contributed by atoms with E-state index in [4.69, 9.17) is 10.8 Å². The van der Waals surface area contributed by atoms with Gasteiger partial charge in [-0.15, -0.1) is 0 Å². The normalized spacial score (nSPS) is 11.1. The molecule has 0 aliphatic rings. The van der Waals surface area contributed by atoms with Crippen molar-refractivity contribution in [2.45, 2.75) is 13.3 Å². The monoisotopic (exact) mass is 258 g/mol. The number of carbonyl (C=O) groups is 1. The maximum atomic E-state index is 11.5. The minimum atomic E-state index is -3.42. The highest BCUT2D eigenvalue weighted by atomic mass is 32.2. The van der Waals surface area contributed by atoms with Crippen LogP contribution in [0.3, 0.4) is 0 Å². The van der Waals surface area contributed by atoms with Crippen LogP contribution in [0.25, 0.3) is 0 Å². The zero-order valence-corrected chi connectivity index (χ0v) is 10.1. The first-order chi connectivity index (χ1) is 7.85. The van der Waals surface area contributed by atoms with E-state index in [1.54, 1.807) is 6.92 Å². The zero-order valence-electron chi connectivity index (χ0n) is 9.30. The largest absolute Gasteiger partial charge is 0.478 e. The van der Waals surface area contributed by atoms with Crippen molar-refractivity contribution >= 4 is 27.4 Å². The summed E-state index contributed by atoms with van der Waals surface area (Å²) in [4.78, 5) is 10.7. The van der Waals surface area contributed by atoms with Crippen LogP contribution in [0, 0.1) is 0 Å². The summed E-state index contributed by atoms with van der Waals surface area (Å²) in [6.45, 7) is 1.75. The van der Waals surface area contributed by atoms with Gasteiger partial charge in [-0.25, -0.2) is 13.2 Å². The van der Waals surface area contributed by atoms with Crippen molar-refractivity contribution < 1.29 is 18.3 Å². The van der Waals surface area contributed by atoms with Gasteiger partial charge < -0.3 is 10.8 Å². The number of nitrogen functional groups attached to an aromatic ring is 1. The van der Waals surface area contributed by atoms with E-state index >= 15 is 0 Å². The smallest absolute Gasteiger partial charge is 0.335 e. The maximum absolute atomic E-state index is 11.5. The Labute approximate surface area is 99.5 Å². The highest BCUT2D eigenvalue weighted by molar-refractivity contribution is 7.92. The molecule has 0 heterocycles. The highest BCUT2D eigenvalue weighted by Gasteiger charge is 2.12. The Bertz CT molecular complexity index is 525. The van der Waals surface area contributed by atoms with Gasteiger partial charge in [0.2, 0.25) is 10.0 Å². The average molecular weight is 258 g/mol. The Kier molecular flexibility index (Phi) is 3.95. The van der Waals surface area contributed by atoms with Crippen LogP contribution in [-0.2, 0) is 10.0 Å². The number of anilines is 2. The van der Waals surface area contributed by atoms with Crippen LogP contribution in [0.2, 0.25) is 0 Å². The van der Waals surface area contributed by atoms with Gasteiger partial charge in [-0.05, 0) is 24.6 Å². The van der Waals surface area contributed by atoms with Gasteiger partial charge in [0, 0.05) is 0 Å². The first-order valence-electron chi connectivity index (χ1n) is 4.99. The number of hydrogen-bond donors (Lipinski definition) is 3. The number of aromatic carboxylic acids is 1. The number of nitrogens with two attached hydrogens (primary N) is 1. The molecule has 1 aromatic rings. The first-order valence-corrected chi connectivity index (χ1v) is 6.64. The standard InChI is InChI=1S/C10H14N2O4S/c1-2-5-17(15,16)12-9-4-3-7(10(13)14)6-8(9)11/h3-4,6,12H,2,5,11H2,1H3,(H,13,14). The van der Waals surface area contributed by atoms with Crippen molar-refractivity contribution in [2.75, 3.05) is 16.2 Å². The van der Waals surface area contributed by atoms with Crippen molar-refractivity contribution in [3.8, 4) is 0 Å². The second kappa shape index (κ2) is 5.05. The molecular formula is C10H14N2O4S. The number of benzene rings is 1. The molecule has 0 saturated carbocycles. The third kappa shape index (κ3) is 3.63. The molecule has 4 N–H and O–H groups in total. The van der Waals surface area contributed by atoms with Gasteiger partial charge in [-0.3, -0.25) is 4.72 Å². The molecule has 0 unspecified atom stereocenters. The van der Waals surface area contributed by atoms with Crippen LogP contribution in [0.4, 0.5) is 11.4 Å². The molecule has 0 bridgehead atoms. The predicted molar refractivity (Wildman–Crippen MR) is 65.5 cm³/mol. The second-order valence-electron chi connectivity index (χ2n) is 3.53. The van der Waals surface area contributed by atoms with E-state index in [0.717, 1.165) is 0 Å². The average Bonchev–Trinajstić information content (AvgIpc) is 2.20.